The maximum atomic E-state index is 11.9. The molecule has 26 heavy (non-hydrogen) atoms. The van der Waals surface area contributed by atoms with Crippen LogP contribution in [0.1, 0.15) is 32.6 Å². The van der Waals surface area contributed by atoms with Gasteiger partial charge in [0.1, 0.15) is 0 Å². The molecule has 9 heteroatoms. The number of nitro benzene ring substituents is 1. The third-order valence-electron chi connectivity index (χ3n) is 4.40. The predicted molar refractivity (Wildman–Crippen MR) is 93.2 cm³/mol. The van der Waals surface area contributed by atoms with Crippen LogP contribution in [0.3, 0.4) is 0 Å². The zero-order chi connectivity index (χ0) is 19.1. The molecule has 9 nitrogen and oxygen atoms in total. The number of nitrogens with zero attached hydrogens (tertiary/aromatic N) is 1. The first kappa shape index (κ1) is 19.5. The van der Waals surface area contributed by atoms with E-state index in [9.17, 15) is 19.7 Å². The van der Waals surface area contributed by atoms with Gasteiger partial charge in [-0.1, -0.05) is 19.8 Å². The van der Waals surface area contributed by atoms with E-state index in [1.807, 2.05) is 0 Å². The van der Waals surface area contributed by atoms with Crippen molar-refractivity contribution < 1.29 is 24.0 Å². The summed E-state index contributed by atoms with van der Waals surface area (Å²) < 4.78 is 10.3. The maximum Gasteiger partial charge on any atom is 0.321 e. The van der Waals surface area contributed by atoms with Gasteiger partial charge in [-0.15, -0.1) is 0 Å². The highest BCUT2D eigenvalue weighted by Crippen LogP contribution is 2.31. The highest BCUT2D eigenvalue weighted by molar-refractivity contribution is 5.95. The molecule has 1 saturated carbocycles. The van der Waals surface area contributed by atoms with Crippen LogP contribution in [0, 0.1) is 16.0 Å². The summed E-state index contributed by atoms with van der Waals surface area (Å²) in [5, 5.41) is 15.8. The van der Waals surface area contributed by atoms with Crippen molar-refractivity contribution >= 4 is 17.6 Å². The van der Waals surface area contributed by atoms with Crippen LogP contribution in [0.2, 0.25) is 0 Å². The number of carbonyl (C=O) groups is 2. The van der Waals surface area contributed by atoms with Crippen molar-refractivity contribution in [2.24, 2.45) is 5.92 Å². The van der Waals surface area contributed by atoms with E-state index in [0.717, 1.165) is 31.7 Å². The summed E-state index contributed by atoms with van der Waals surface area (Å²) in [7, 11) is 1.38. The lowest BCUT2D eigenvalue weighted by atomic mass is 9.86. The molecule has 2 N–H and O–H groups in total. The van der Waals surface area contributed by atoms with Crippen molar-refractivity contribution in [1.29, 1.82) is 0 Å². The molecular weight excluding hydrogens is 342 g/mol. The number of benzene rings is 1. The molecule has 2 atom stereocenters. The highest BCUT2D eigenvalue weighted by Gasteiger charge is 2.23. The first-order valence-electron chi connectivity index (χ1n) is 8.46. The first-order chi connectivity index (χ1) is 12.4. The van der Waals surface area contributed by atoms with Gasteiger partial charge in [0.2, 0.25) is 0 Å². The molecule has 0 saturated heterocycles. The number of carbonyl (C=O) groups excluding carboxylic acids is 2. The van der Waals surface area contributed by atoms with Crippen LogP contribution < -0.4 is 20.1 Å². The molecular formula is C17H23N3O6. The molecule has 0 bridgehead atoms. The van der Waals surface area contributed by atoms with Gasteiger partial charge in [-0.3, -0.25) is 20.2 Å². The van der Waals surface area contributed by atoms with Crippen molar-refractivity contribution in [2.75, 3.05) is 13.7 Å². The molecule has 0 spiro atoms. The fourth-order valence-corrected chi connectivity index (χ4v) is 2.93. The zero-order valence-corrected chi connectivity index (χ0v) is 14.8. The van der Waals surface area contributed by atoms with Gasteiger partial charge >= 0.3 is 6.03 Å². The number of imide groups is 1. The second kappa shape index (κ2) is 9.02. The first-order valence-corrected chi connectivity index (χ1v) is 8.46. The molecule has 1 aliphatic carbocycles. The van der Waals surface area contributed by atoms with Crippen LogP contribution in [0.25, 0.3) is 0 Å². The van der Waals surface area contributed by atoms with Crippen molar-refractivity contribution in [1.82, 2.24) is 10.6 Å². The minimum absolute atomic E-state index is 0.0503. The molecule has 0 heterocycles. The number of hydrogen-bond donors (Lipinski definition) is 2. The summed E-state index contributed by atoms with van der Waals surface area (Å²) in [5.41, 5.74) is -0.190. The molecule has 2 rings (SSSR count). The Labute approximate surface area is 151 Å². The average Bonchev–Trinajstić information content (AvgIpc) is 2.61. The second-order valence-electron chi connectivity index (χ2n) is 6.27. The lowest BCUT2D eigenvalue weighted by molar-refractivity contribution is -0.385. The minimum atomic E-state index is -0.653. The van der Waals surface area contributed by atoms with E-state index in [0.29, 0.717) is 5.92 Å². The topological polar surface area (TPSA) is 120 Å². The van der Waals surface area contributed by atoms with Gasteiger partial charge in [-0.05, 0) is 24.8 Å². The van der Waals surface area contributed by atoms with E-state index in [2.05, 4.69) is 17.6 Å². The Kier molecular flexibility index (Phi) is 6.76. The van der Waals surface area contributed by atoms with E-state index in [1.54, 1.807) is 0 Å². The molecule has 142 valence electrons. The van der Waals surface area contributed by atoms with Crippen LogP contribution >= 0.6 is 0 Å². The van der Waals surface area contributed by atoms with Gasteiger partial charge in [-0.2, -0.15) is 0 Å². The summed E-state index contributed by atoms with van der Waals surface area (Å²) in [6.45, 7) is 1.61. The van der Waals surface area contributed by atoms with Crippen molar-refractivity contribution in [3.8, 4) is 11.5 Å². The van der Waals surface area contributed by atoms with Crippen molar-refractivity contribution in [3.05, 3.63) is 28.3 Å². The van der Waals surface area contributed by atoms with E-state index in [-0.39, 0.29) is 23.2 Å². The van der Waals surface area contributed by atoms with Gasteiger partial charge in [0.05, 0.1) is 18.1 Å². The van der Waals surface area contributed by atoms with Crippen LogP contribution in [-0.2, 0) is 4.79 Å². The molecule has 0 unspecified atom stereocenters. The Morgan fingerprint density at radius 1 is 1.27 bits per heavy atom. The lowest BCUT2D eigenvalue weighted by Gasteiger charge is -2.29. The predicted octanol–water partition coefficient (Wildman–Crippen LogP) is 2.39. The molecule has 0 radical (unpaired) electrons. The van der Waals surface area contributed by atoms with Gasteiger partial charge in [-0.25, -0.2) is 4.79 Å². The highest BCUT2D eigenvalue weighted by atomic mass is 16.6. The summed E-state index contributed by atoms with van der Waals surface area (Å²) in [6.07, 6.45) is 4.15. The van der Waals surface area contributed by atoms with Gasteiger partial charge in [0.15, 0.2) is 18.1 Å². The smallest absolute Gasteiger partial charge is 0.321 e. The van der Waals surface area contributed by atoms with Crippen LogP contribution in [-0.4, -0.2) is 36.6 Å². The Hall–Kier alpha value is -2.84. The molecule has 1 aromatic carbocycles. The number of non-ortho nitro benzene ring substituents is 1. The van der Waals surface area contributed by atoms with Gasteiger partial charge in [0, 0.05) is 12.1 Å². The molecule has 1 aliphatic rings. The van der Waals surface area contributed by atoms with Crippen molar-refractivity contribution in [3.63, 3.8) is 0 Å². The summed E-state index contributed by atoms with van der Waals surface area (Å²) in [6, 6.07) is 3.29. The van der Waals surface area contributed by atoms with E-state index in [4.69, 9.17) is 9.47 Å². The number of methoxy groups -OCH3 is 1. The number of nitro groups is 1. The number of amides is 3. The Morgan fingerprint density at radius 3 is 2.65 bits per heavy atom. The summed E-state index contributed by atoms with van der Waals surface area (Å²) in [5.74, 6) is 0.0246. The third-order valence-corrected chi connectivity index (χ3v) is 4.40. The van der Waals surface area contributed by atoms with Crippen molar-refractivity contribution in [2.45, 2.75) is 38.6 Å². The monoisotopic (exact) mass is 365 g/mol. The molecule has 0 aromatic heterocycles. The summed E-state index contributed by atoms with van der Waals surface area (Å²) >= 11 is 0. The zero-order valence-electron chi connectivity index (χ0n) is 14.8. The fraction of sp³-hybridized carbons (Fsp3) is 0.529. The minimum Gasteiger partial charge on any atom is -0.493 e. The Balaban J connectivity index is 1.87. The fourth-order valence-electron chi connectivity index (χ4n) is 2.93. The Bertz CT molecular complexity index is 678. The molecule has 1 fully saturated rings. The molecule has 0 aliphatic heterocycles. The standard InChI is InChI=1S/C17H23N3O6/c1-11-5-3-4-6-13(11)18-17(22)19-16(21)10-26-15-9-12(20(23)24)7-8-14(15)25-2/h7-9,11,13H,3-6,10H2,1-2H3,(H2,18,19,21,22)/t11-,13+/m0/s1. The van der Waals surface area contributed by atoms with Crippen LogP contribution in [0.15, 0.2) is 18.2 Å². The average molecular weight is 365 g/mol. The Morgan fingerprint density at radius 2 is 2.00 bits per heavy atom. The number of urea groups is 1. The van der Waals surface area contributed by atoms with Crippen LogP contribution in [0.5, 0.6) is 11.5 Å². The van der Waals surface area contributed by atoms with Gasteiger partial charge < -0.3 is 14.8 Å². The number of nitrogens with one attached hydrogen (secondary N) is 2. The number of ether oxygens (including phenoxy) is 2. The molecule has 3 amide bonds. The second-order valence-corrected chi connectivity index (χ2v) is 6.27. The summed E-state index contributed by atoms with van der Waals surface area (Å²) in [4.78, 5) is 34.1. The van der Waals surface area contributed by atoms with Crippen LogP contribution in [0.4, 0.5) is 10.5 Å². The van der Waals surface area contributed by atoms with E-state index < -0.39 is 23.5 Å². The third kappa shape index (κ3) is 5.33. The van der Waals surface area contributed by atoms with E-state index >= 15 is 0 Å². The normalized spacial score (nSPS) is 19.3. The SMILES string of the molecule is COc1ccc([N+](=O)[O-])cc1OCC(=O)NC(=O)N[C@@H]1CCCC[C@@H]1C. The largest absolute Gasteiger partial charge is 0.493 e. The maximum absolute atomic E-state index is 11.9. The quantitative estimate of drug-likeness (QED) is 0.590. The van der Waals surface area contributed by atoms with Gasteiger partial charge in [0.25, 0.3) is 11.6 Å². The van der Waals surface area contributed by atoms with E-state index in [1.165, 1.54) is 19.2 Å². The number of rotatable bonds is 6. The lowest BCUT2D eigenvalue weighted by Crippen LogP contribution is -2.48. The molecule has 1 aromatic rings. The number of hydrogen-bond acceptors (Lipinski definition) is 6.